The van der Waals surface area contributed by atoms with Crippen molar-refractivity contribution in [2.24, 2.45) is 7.05 Å². The van der Waals surface area contributed by atoms with Gasteiger partial charge in [0.25, 0.3) is 0 Å². The summed E-state index contributed by atoms with van der Waals surface area (Å²) < 4.78 is 13.4. The van der Waals surface area contributed by atoms with Crippen LogP contribution in [0.1, 0.15) is 28.5 Å². The second-order valence-electron chi connectivity index (χ2n) is 8.33. The number of fused-ring (bicyclic) bond motifs is 1. The highest BCUT2D eigenvalue weighted by atomic mass is 35.5. The Morgan fingerprint density at radius 1 is 1.11 bits per heavy atom. The number of phenolic OH excluding ortho intramolecular Hbond substituents is 1. The normalized spacial score (nSPS) is 10.6. The molecule has 4 rings (SSSR count). The molecule has 192 valence electrons. The topological polar surface area (TPSA) is 76.8 Å². The van der Waals surface area contributed by atoms with Gasteiger partial charge in [-0.25, -0.2) is 4.79 Å². The molecule has 0 bridgehead atoms. The number of ether oxygens (including phenoxy) is 2. The van der Waals surface area contributed by atoms with Gasteiger partial charge < -0.3 is 24.0 Å². The Morgan fingerprint density at radius 3 is 2.44 bits per heavy atom. The first-order chi connectivity index (χ1) is 16.4. The van der Waals surface area contributed by atoms with Crippen LogP contribution in [0, 0.1) is 0 Å². The number of phenols is 1. The van der Waals surface area contributed by atoms with Crippen LogP contribution < -0.4 is 4.74 Å². The summed E-state index contributed by atoms with van der Waals surface area (Å²) in [5.41, 5.74) is 4.02. The first-order valence-corrected chi connectivity index (χ1v) is 11.2. The van der Waals surface area contributed by atoms with Gasteiger partial charge >= 0.3 is 5.97 Å². The third-order valence-corrected chi connectivity index (χ3v) is 5.73. The maximum absolute atomic E-state index is 13.2. The molecule has 0 amide bonds. The number of esters is 1. The molecule has 0 spiro atoms. The fraction of sp³-hybridized carbons (Fsp3) is 0.259. The molecule has 9 heteroatoms. The van der Waals surface area contributed by atoms with Gasteiger partial charge in [0, 0.05) is 48.1 Å². The monoisotopic (exact) mass is 531 g/mol. The van der Waals surface area contributed by atoms with Crippen molar-refractivity contribution in [1.82, 2.24) is 14.5 Å². The Morgan fingerprint density at radius 2 is 1.83 bits per heavy atom. The summed E-state index contributed by atoms with van der Waals surface area (Å²) in [5, 5.41) is 12.1. The number of benzene rings is 2. The van der Waals surface area contributed by atoms with Crippen LogP contribution in [0.25, 0.3) is 22.0 Å². The summed E-state index contributed by atoms with van der Waals surface area (Å²) in [4.78, 5) is 19.4. The van der Waals surface area contributed by atoms with E-state index in [4.69, 9.17) is 9.47 Å². The van der Waals surface area contributed by atoms with Crippen LogP contribution in [0.4, 0.5) is 0 Å². The summed E-state index contributed by atoms with van der Waals surface area (Å²) in [6.07, 6.45) is 3.41. The Balaban J connectivity index is 0.00000228. The quantitative estimate of drug-likeness (QED) is 0.298. The molecule has 4 aromatic rings. The number of hydrogen-bond donors (Lipinski definition) is 1. The third-order valence-electron chi connectivity index (χ3n) is 5.73. The highest BCUT2D eigenvalue weighted by molar-refractivity contribution is 6.09. The molecule has 0 saturated carbocycles. The highest BCUT2D eigenvalue weighted by Crippen LogP contribution is 2.41. The van der Waals surface area contributed by atoms with Crippen molar-refractivity contribution in [3.63, 3.8) is 0 Å². The first kappa shape index (κ1) is 29.0. The fourth-order valence-electron chi connectivity index (χ4n) is 4.19. The minimum atomic E-state index is -0.437. The second kappa shape index (κ2) is 12.6. The molecule has 0 atom stereocenters. The first-order valence-electron chi connectivity index (χ1n) is 11.2. The Kier molecular flexibility index (Phi) is 10.2. The van der Waals surface area contributed by atoms with E-state index in [9.17, 15) is 9.90 Å². The number of pyridine rings is 1. The lowest BCUT2D eigenvalue weighted by Crippen LogP contribution is -2.13. The van der Waals surface area contributed by atoms with Gasteiger partial charge in [0.15, 0.2) is 0 Å². The molecule has 2 aromatic heterocycles. The number of para-hydroxylation sites is 1. The smallest absolute Gasteiger partial charge is 0.340 e. The van der Waals surface area contributed by atoms with E-state index in [-0.39, 0.29) is 43.8 Å². The van der Waals surface area contributed by atoms with E-state index in [0.717, 1.165) is 11.1 Å². The standard InChI is InChI=1S/C27H29N3O4.2ClH/c1-5-33-27(32)25-23(17-34-19-11-7-6-8-12-19)30(4)22-14-20(18-10-9-13-28-15-18)26(31)21(24(22)25)16-29(2)3;;/h6-15,31H,5,16-17H2,1-4H3;2*1H. The van der Waals surface area contributed by atoms with Crippen molar-refractivity contribution < 1.29 is 19.4 Å². The molecule has 0 fully saturated rings. The fourth-order valence-corrected chi connectivity index (χ4v) is 4.19. The molecular formula is C27H31Cl2N3O4. The van der Waals surface area contributed by atoms with E-state index in [0.29, 0.717) is 40.1 Å². The lowest BCUT2D eigenvalue weighted by Gasteiger charge is -2.17. The molecule has 1 N–H and O–H groups in total. The predicted octanol–water partition coefficient (Wildman–Crippen LogP) is 5.61. The van der Waals surface area contributed by atoms with Gasteiger partial charge in [0.2, 0.25) is 0 Å². The molecule has 0 aliphatic rings. The van der Waals surface area contributed by atoms with Crippen LogP contribution >= 0.6 is 24.8 Å². The van der Waals surface area contributed by atoms with Gasteiger partial charge in [-0.05, 0) is 45.3 Å². The van der Waals surface area contributed by atoms with Crippen molar-refractivity contribution in [3.05, 3.63) is 77.7 Å². The summed E-state index contributed by atoms with van der Waals surface area (Å²) in [6.45, 7) is 2.64. The molecule has 7 nitrogen and oxygen atoms in total. The molecule has 0 saturated heterocycles. The number of nitrogens with zero attached hydrogens (tertiary/aromatic N) is 3. The van der Waals surface area contributed by atoms with Gasteiger partial charge in [-0.1, -0.05) is 24.3 Å². The van der Waals surface area contributed by atoms with E-state index in [1.165, 1.54) is 0 Å². The number of halogens is 2. The maximum Gasteiger partial charge on any atom is 0.340 e. The molecule has 0 radical (unpaired) electrons. The number of aromatic hydroxyl groups is 1. The zero-order valence-electron chi connectivity index (χ0n) is 20.7. The SMILES string of the molecule is CCOC(=O)c1c(COc2ccccc2)n(C)c2cc(-c3cccnc3)c(O)c(CN(C)C)c12.Cl.Cl. The number of aromatic nitrogens is 2. The summed E-state index contributed by atoms with van der Waals surface area (Å²) in [5.74, 6) is 0.393. The zero-order valence-corrected chi connectivity index (χ0v) is 22.4. The lowest BCUT2D eigenvalue weighted by molar-refractivity contribution is 0.0525. The minimum absolute atomic E-state index is 0. The highest BCUT2D eigenvalue weighted by Gasteiger charge is 2.28. The number of rotatable bonds is 8. The molecule has 36 heavy (non-hydrogen) atoms. The largest absolute Gasteiger partial charge is 0.507 e. The van der Waals surface area contributed by atoms with Crippen LogP contribution in [-0.4, -0.2) is 46.2 Å². The van der Waals surface area contributed by atoms with E-state index < -0.39 is 5.97 Å². The summed E-state index contributed by atoms with van der Waals surface area (Å²) in [6, 6.07) is 15.1. The molecular weight excluding hydrogens is 501 g/mol. The van der Waals surface area contributed by atoms with E-state index in [1.54, 1.807) is 19.3 Å². The predicted molar refractivity (Wildman–Crippen MR) is 146 cm³/mol. The van der Waals surface area contributed by atoms with Crippen molar-refractivity contribution in [2.75, 3.05) is 20.7 Å². The average molecular weight is 532 g/mol. The Bertz CT molecular complexity index is 1310. The number of carbonyl (C=O) groups is 1. The zero-order chi connectivity index (χ0) is 24.2. The molecule has 0 unspecified atom stereocenters. The van der Waals surface area contributed by atoms with Crippen LogP contribution in [0.15, 0.2) is 60.9 Å². The van der Waals surface area contributed by atoms with Crippen molar-refractivity contribution in [3.8, 4) is 22.6 Å². The summed E-state index contributed by atoms with van der Waals surface area (Å²) in [7, 11) is 5.75. The van der Waals surface area contributed by atoms with Crippen molar-refractivity contribution in [2.45, 2.75) is 20.1 Å². The van der Waals surface area contributed by atoms with Gasteiger partial charge in [-0.15, -0.1) is 24.8 Å². The molecule has 2 aromatic carbocycles. The second-order valence-corrected chi connectivity index (χ2v) is 8.33. The van der Waals surface area contributed by atoms with E-state index in [2.05, 4.69) is 4.98 Å². The summed E-state index contributed by atoms with van der Waals surface area (Å²) >= 11 is 0. The molecule has 0 aliphatic heterocycles. The maximum atomic E-state index is 13.2. The van der Waals surface area contributed by atoms with Crippen LogP contribution in [0.3, 0.4) is 0 Å². The van der Waals surface area contributed by atoms with Crippen LogP contribution in [-0.2, 0) is 24.9 Å². The van der Waals surface area contributed by atoms with Crippen LogP contribution in [0.2, 0.25) is 0 Å². The third kappa shape index (κ3) is 5.75. The average Bonchev–Trinajstić information content (AvgIpc) is 3.12. The van der Waals surface area contributed by atoms with Crippen LogP contribution in [0.5, 0.6) is 11.5 Å². The molecule has 0 aliphatic carbocycles. The van der Waals surface area contributed by atoms with Gasteiger partial charge in [-0.3, -0.25) is 4.98 Å². The number of carbonyl (C=O) groups excluding carboxylic acids is 1. The van der Waals surface area contributed by atoms with Crippen molar-refractivity contribution >= 4 is 41.7 Å². The van der Waals surface area contributed by atoms with Gasteiger partial charge in [-0.2, -0.15) is 0 Å². The number of aryl methyl sites for hydroxylation is 1. The molecule has 2 heterocycles. The minimum Gasteiger partial charge on any atom is -0.507 e. The van der Waals surface area contributed by atoms with E-state index >= 15 is 0 Å². The Labute approximate surface area is 223 Å². The Hall–Kier alpha value is -3.26. The van der Waals surface area contributed by atoms with Gasteiger partial charge in [0.1, 0.15) is 18.1 Å². The van der Waals surface area contributed by atoms with Gasteiger partial charge in [0.05, 0.1) is 23.4 Å². The van der Waals surface area contributed by atoms with Crippen molar-refractivity contribution in [1.29, 1.82) is 0 Å². The number of hydrogen-bond acceptors (Lipinski definition) is 6. The lowest BCUT2D eigenvalue weighted by atomic mass is 9.96. The van der Waals surface area contributed by atoms with E-state index in [1.807, 2.05) is 79.1 Å².